The van der Waals surface area contributed by atoms with Gasteiger partial charge < -0.3 is 4.79 Å². The minimum absolute atomic E-state index is 0.459. The van der Waals surface area contributed by atoms with Crippen LogP contribution in [0.15, 0.2) is 97.3 Å². The van der Waals surface area contributed by atoms with Crippen LogP contribution in [0, 0.1) is 0 Å². The van der Waals surface area contributed by atoms with Gasteiger partial charge in [-0.1, -0.05) is 55.5 Å². The molecule has 0 atom stereocenters. The number of nitrogens with zero attached hydrogens (tertiary/aromatic N) is 2. The fourth-order valence-electron chi connectivity index (χ4n) is 2.97. The van der Waals surface area contributed by atoms with Crippen molar-refractivity contribution in [2.24, 2.45) is 0 Å². The zero-order valence-electron chi connectivity index (χ0n) is 16.5. The average Bonchev–Trinajstić information content (AvgIpc) is 2.81. The third-order valence-electron chi connectivity index (χ3n) is 4.50. The van der Waals surface area contributed by atoms with Gasteiger partial charge in [0.05, 0.1) is 11.4 Å². The van der Waals surface area contributed by atoms with Crippen LogP contribution >= 0.6 is 0 Å². The molecule has 0 saturated heterocycles. The number of aldehydes is 1. The lowest BCUT2D eigenvalue weighted by Crippen LogP contribution is -1.87. The van der Waals surface area contributed by atoms with E-state index in [1.165, 1.54) is 11.1 Å². The minimum atomic E-state index is 0.459. The van der Waals surface area contributed by atoms with E-state index in [1.54, 1.807) is 6.20 Å². The summed E-state index contributed by atoms with van der Waals surface area (Å²) in [6.45, 7) is 2.16. The summed E-state index contributed by atoms with van der Waals surface area (Å²) >= 11 is 0. The maximum absolute atomic E-state index is 10.4. The second kappa shape index (κ2) is 10.7. The Morgan fingerprint density at radius 2 is 1.24 bits per heavy atom. The van der Waals surface area contributed by atoms with E-state index in [-0.39, 0.29) is 0 Å². The summed E-state index contributed by atoms with van der Waals surface area (Å²) in [7, 11) is 0. The highest BCUT2D eigenvalue weighted by atomic mass is 16.1. The van der Waals surface area contributed by atoms with E-state index in [4.69, 9.17) is 0 Å². The number of aromatic nitrogens is 2. The Hall–Kier alpha value is -3.59. The van der Waals surface area contributed by atoms with Crippen molar-refractivity contribution < 1.29 is 4.79 Å². The van der Waals surface area contributed by atoms with Gasteiger partial charge in [-0.25, -0.2) is 0 Å². The molecule has 0 aliphatic rings. The molecule has 0 saturated carbocycles. The second-order valence-electron chi connectivity index (χ2n) is 6.56. The van der Waals surface area contributed by atoms with Crippen molar-refractivity contribution in [3.05, 3.63) is 108 Å². The Morgan fingerprint density at radius 1 is 0.690 bits per heavy atom. The van der Waals surface area contributed by atoms with E-state index in [1.807, 2.05) is 66.9 Å². The van der Waals surface area contributed by atoms with Crippen LogP contribution in [0.3, 0.4) is 0 Å². The second-order valence-corrected chi connectivity index (χ2v) is 6.56. The molecule has 29 heavy (non-hydrogen) atoms. The van der Waals surface area contributed by atoms with Crippen LogP contribution in [0.25, 0.3) is 22.5 Å². The van der Waals surface area contributed by atoms with E-state index in [2.05, 4.69) is 41.2 Å². The zero-order chi connectivity index (χ0) is 20.3. The van der Waals surface area contributed by atoms with Gasteiger partial charge in [0.25, 0.3) is 0 Å². The molecule has 3 heteroatoms. The summed E-state index contributed by atoms with van der Waals surface area (Å²) in [4.78, 5) is 19.0. The number of rotatable bonds is 5. The Bertz CT molecular complexity index is 1030. The third-order valence-corrected chi connectivity index (χ3v) is 4.50. The third kappa shape index (κ3) is 5.94. The predicted octanol–water partition coefficient (Wildman–Crippen LogP) is 5.80. The van der Waals surface area contributed by atoms with E-state index in [0.717, 1.165) is 35.2 Å². The molecule has 2 aromatic carbocycles. The first-order valence-corrected chi connectivity index (χ1v) is 9.74. The Kier molecular flexibility index (Phi) is 7.41. The van der Waals surface area contributed by atoms with Crippen molar-refractivity contribution in [3.63, 3.8) is 0 Å². The van der Waals surface area contributed by atoms with Gasteiger partial charge >= 0.3 is 0 Å². The summed E-state index contributed by atoms with van der Waals surface area (Å²) in [6.07, 6.45) is 6.04. The molecule has 0 bridgehead atoms. The first kappa shape index (κ1) is 20.2. The van der Waals surface area contributed by atoms with Crippen LogP contribution in [-0.4, -0.2) is 16.3 Å². The fraction of sp³-hybridized carbons (Fsp3) is 0.115. The molecular weight excluding hydrogens is 356 g/mol. The monoisotopic (exact) mass is 380 g/mol. The number of hydrogen-bond donors (Lipinski definition) is 0. The molecule has 4 rings (SSSR count). The fourth-order valence-corrected chi connectivity index (χ4v) is 2.97. The zero-order valence-corrected chi connectivity index (χ0v) is 16.5. The molecule has 2 aromatic heterocycles. The van der Waals surface area contributed by atoms with Crippen molar-refractivity contribution >= 4 is 6.29 Å². The normalized spacial score (nSPS) is 9.97. The standard InChI is InChI=1S/C13H11NO.C13H13N/c15-9-7-11-4-3-5-12(10-11)13-6-1-2-8-14-13;1-2-11-6-5-7-12(10-11)13-8-3-4-9-14-13/h1-6,8-10H,7H2;3-10H,2H2,1H3. The van der Waals surface area contributed by atoms with Crippen LogP contribution in [0.4, 0.5) is 0 Å². The van der Waals surface area contributed by atoms with E-state index < -0.39 is 0 Å². The quantitative estimate of drug-likeness (QED) is 0.411. The van der Waals surface area contributed by atoms with E-state index in [9.17, 15) is 4.79 Å². The highest BCUT2D eigenvalue weighted by molar-refractivity contribution is 5.63. The average molecular weight is 380 g/mol. The van der Waals surface area contributed by atoms with Gasteiger partial charge in [0.1, 0.15) is 6.29 Å². The SMILES string of the molecule is CCc1cccc(-c2ccccn2)c1.O=CCc1cccc(-c2ccccn2)c1. The van der Waals surface area contributed by atoms with Crippen LogP contribution in [0.1, 0.15) is 18.1 Å². The molecular formula is C26H24N2O. The van der Waals surface area contributed by atoms with Crippen LogP contribution in [0.2, 0.25) is 0 Å². The Labute approximate surface area is 172 Å². The Balaban J connectivity index is 0.000000166. The first-order valence-electron chi connectivity index (χ1n) is 9.74. The molecule has 0 radical (unpaired) electrons. The number of carbonyl (C=O) groups excluding carboxylic acids is 1. The van der Waals surface area contributed by atoms with Gasteiger partial charge in [-0.05, 0) is 53.9 Å². The molecule has 2 heterocycles. The molecule has 0 amide bonds. The lowest BCUT2D eigenvalue weighted by atomic mass is 10.1. The lowest BCUT2D eigenvalue weighted by molar-refractivity contribution is -0.107. The van der Waals surface area contributed by atoms with E-state index in [0.29, 0.717) is 6.42 Å². The van der Waals surface area contributed by atoms with Crippen molar-refractivity contribution in [2.75, 3.05) is 0 Å². The van der Waals surface area contributed by atoms with Gasteiger partial charge in [-0.15, -0.1) is 0 Å². The molecule has 4 aromatic rings. The van der Waals surface area contributed by atoms with Crippen LogP contribution < -0.4 is 0 Å². The maximum Gasteiger partial charge on any atom is 0.124 e. The molecule has 0 N–H and O–H groups in total. The van der Waals surface area contributed by atoms with Crippen molar-refractivity contribution in [3.8, 4) is 22.5 Å². The number of hydrogen-bond acceptors (Lipinski definition) is 3. The number of aryl methyl sites for hydroxylation is 1. The van der Waals surface area contributed by atoms with Gasteiger partial charge in [-0.3, -0.25) is 9.97 Å². The Morgan fingerprint density at radius 3 is 1.72 bits per heavy atom. The molecule has 0 aliphatic heterocycles. The first-order chi connectivity index (χ1) is 14.3. The summed E-state index contributed by atoms with van der Waals surface area (Å²) in [5.74, 6) is 0. The van der Waals surface area contributed by atoms with E-state index >= 15 is 0 Å². The highest BCUT2D eigenvalue weighted by Crippen LogP contribution is 2.18. The minimum Gasteiger partial charge on any atom is -0.303 e. The van der Waals surface area contributed by atoms with Gasteiger partial charge in [-0.2, -0.15) is 0 Å². The van der Waals surface area contributed by atoms with Crippen molar-refractivity contribution in [2.45, 2.75) is 19.8 Å². The molecule has 0 aliphatic carbocycles. The molecule has 144 valence electrons. The summed E-state index contributed by atoms with van der Waals surface area (Å²) < 4.78 is 0. The molecule has 0 spiro atoms. The smallest absolute Gasteiger partial charge is 0.124 e. The van der Waals surface area contributed by atoms with Gasteiger partial charge in [0.15, 0.2) is 0 Å². The summed E-state index contributed by atoms with van der Waals surface area (Å²) in [5.41, 5.74) is 6.61. The summed E-state index contributed by atoms with van der Waals surface area (Å²) in [6, 6.07) is 28.2. The largest absolute Gasteiger partial charge is 0.303 e. The highest BCUT2D eigenvalue weighted by Gasteiger charge is 1.99. The molecule has 0 fully saturated rings. The number of benzene rings is 2. The van der Waals surface area contributed by atoms with Crippen molar-refractivity contribution in [1.29, 1.82) is 0 Å². The topological polar surface area (TPSA) is 42.9 Å². The number of pyridine rings is 2. The van der Waals surface area contributed by atoms with Crippen molar-refractivity contribution in [1.82, 2.24) is 9.97 Å². The molecule has 0 unspecified atom stereocenters. The predicted molar refractivity (Wildman–Crippen MR) is 118 cm³/mol. The van der Waals surface area contributed by atoms with Crippen LogP contribution in [0.5, 0.6) is 0 Å². The molecule has 3 nitrogen and oxygen atoms in total. The van der Waals surface area contributed by atoms with Gasteiger partial charge in [0, 0.05) is 29.9 Å². The summed E-state index contributed by atoms with van der Waals surface area (Å²) in [5, 5.41) is 0. The maximum atomic E-state index is 10.4. The van der Waals surface area contributed by atoms with Crippen LogP contribution in [-0.2, 0) is 17.6 Å². The number of carbonyl (C=O) groups is 1. The lowest BCUT2D eigenvalue weighted by Gasteiger charge is -2.02. The van der Waals surface area contributed by atoms with Gasteiger partial charge in [0.2, 0.25) is 0 Å².